The lowest BCUT2D eigenvalue weighted by molar-refractivity contribution is 0.375. The molecule has 2 aromatic carbocycles. The minimum atomic E-state index is -3.41. The van der Waals surface area contributed by atoms with Crippen LogP contribution < -0.4 is 10.0 Å². The monoisotopic (exact) mass is 426 g/mol. The van der Waals surface area contributed by atoms with Gasteiger partial charge in [0.1, 0.15) is 0 Å². The minimum absolute atomic E-state index is 0.262. The molecular weight excluding hydrogens is 396 g/mol. The molecule has 0 spiro atoms. The van der Waals surface area contributed by atoms with E-state index in [0.717, 1.165) is 44.0 Å². The van der Waals surface area contributed by atoms with Gasteiger partial charge in [-0.15, -0.1) is 0 Å². The summed E-state index contributed by atoms with van der Waals surface area (Å²) in [6.45, 7) is 5.25. The number of nitrogens with zero attached hydrogens (tertiary/aromatic N) is 2. The largest absolute Gasteiger partial charge is 0.357 e. The quantitative estimate of drug-likeness (QED) is 0.549. The Morgan fingerprint density at radius 1 is 1.07 bits per heavy atom. The van der Waals surface area contributed by atoms with Gasteiger partial charge in [-0.1, -0.05) is 54.1 Å². The van der Waals surface area contributed by atoms with Crippen molar-refractivity contribution in [2.24, 2.45) is 4.99 Å². The number of hydrogen-bond acceptors (Lipinski definition) is 3. The van der Waals surface area contributed by atoms with Gasteiger partial charge in [-0.3, -0.25) is 0 Å². The summed E-state index contributed by atoms with van der Waals surface area (Å²) in [4.78, 5) is 7.34. The van der Waals surface area contributed by atoms with Crippen LogP contribution in [0.2, 0.25) is 0 Å². The van der Waals surface area contributed by atoms with Crippen molar-refractivity contribution >= 4 is 22.1 Å². The first-order valence-corrected chi connectivity index (χ1v) is 11.8. The lowest BCUT2D eigenvalue weighted by Crippen LogP contribution is -2.44. The number of nitrogens with one attached hydrogen (secondary N) is 2. The molecule has 1 heterocycles. The third kappa shape index (κ3) is 5.93. The predicted molar refractivity (Wildman–Crippen MR) is 123 cm³/mol. The smallest absolute Gasteiger partial charge is 0.240 e. The van der Waals surface area contributed by atoms with E-state index in [-0.39, 0.29) is 4.90 Å². The first-order valence-electron chi connectivity index (χ1n) is 10.3. The fourth-order valence-electron chi connectivity index (χ4n) is 3.42. The first kappa shape index (κ1) is 22.1. The molecule has 0 unspecified atom stereocenters. The maximum atomic E-state index is 11.9. The molecule has 2 aromatic rings. The summed E-state index contributed by atoms with van der Waals surface area (Å²) in [6.07, 6.45) is 4.34. The highest BCUT2D eigenvalue weighted by Gasteiger charge is 2.17. The highest BCUT2D eigenvalue weighted by atomic mass is 32.2. The molecule has 6 nitrogen and oxygen atoms in total. The Bertz CT molecular complexity index is 974. The molecule has 0 saturated carbocycles. The molecule has 2 N–H and O–H groups in total. The van der Waals surface area contributed by atoms with Gasteiger partial charge in [-0.25, -0.2) is 18.1 Å². The molecule has 1 aliphatic rings. The van der Waals surface area contributed by atoms with Gasteiger partial charge in [0, 0.05) is 19.6 Å². The third-order valence-corrected chi connectivity index (χ3v) is 6.55. The number of sulfonamides is 1. The lowest BCUT2D eigenvalue weighted by atomic mass is 10.0. The third-order valence-electron chi connectivity index (χ3n) is 5.12. The molecule has 1 saturated heterocycles. The Balaban J connectivity index is 1.63. The van der Waals surface area contributed by atoms with Crippen LogP contribution in [0.15, 0.2) is 70.1 Å². The van der Waals surface area contributed by atoms with Gasteiger partial charge in [0.25, 0.3) is 0 Å². The van der Waals surface area contributed by atoms with Crippen LogP contribution in [-0.2, 0) is 16.6 Å². The molecule has 160 valence electrons. The topological polar surface area (TPSA) is 73.8 Å². The van der Waals surface area contributed by atoms with Crippen molar-refractivity contribution in [1.29, 1.82) is 0 Å². The molecule has 1 fully saturated rings. The summed E-state index contributed by atoms with van der Waals surface area (Å²) >= 11 is 0. The van der Waals surface area contributed by atoms with E-state index in [1.165, 1.54) is 18.2 Å². The molecular formula is C23H30N4O2S. The molecule has 3 rings (SSSR count). The Morgan fingerprint density at radius 3 is 2.33 bits per heavy atom. The van der Waals surface area contributed by atoms with Crippen LogP contribution in [0.3, 0.4) is 0 Å². The van der Waals surface area contributed by atoms with Gasteiger partial charge >= 0.3 is 0 Å². The van der Waals surface area contributed by atoms with Crippen molar-refractivity contribution < 1.29 is 8.42 Å². The lowest BCUT2D eigenvalue weighted by Gasteiger charge is -2.31. The van der Waals surface area contributed by atoms with E-state index in [1.807, 2.05) is 18.2 Å². The van der Waals surface area contributed by atoms with E-state index >= 15 is 0 Å². The van der Waals surface area contributed by atoms with E-state index < -0.39 is 10.0 Å². The zero-order valence-electron chi connectivity index (χ0n) is 17.6. The molecule has 0 aliphatic carbocycles. The van der Waals surface area contributed by atoms with E-state index in [2.05, 4.69) is 52.2 Å². The average molecular weight is 427 g/mol. The SMILES string of the molecule is CCNC(=NCc1ccc(S(=O)(=O)NC)cc1)N1CCC(=Cc2ccccc2)CC1. The van der Waals surface area contributed by atoms with E-state index in [0.29, 0.717) is 6.54 Å². The standard InChI is InChI=1S/C23H30N4O2S/c1-3-25-23(26-18-21-9-11-22(12-10-21)30(28,29)24-2)27-15-13-20(14-16-27)17-19-7-5-4-6-8-19/h4-12,17,24H,3,13-16,18H2,1-2H3,(H,25,26). The zero-order valence-corrected chi connectivity index (χ0v) is 18.5. The van der Waals surface area contributed by atoms with Crippen LogP contribution in [-0.4, -0.2) is 46.0 Å². The summed E-state index contributed by atoms with van der Waals surface area (Å²) in [5.41, 5.74) is 3.70. The number of hydrogen-bond donors (Lipinski definition) is 2. The summed E-state index contributed by atoms with van der Waals surface area (Å²) in [6, 6.07) is 17.3. The molecule has 1 aliphatic heterocycles. The molecule has 0 aromatic heterocycles. The molecule has 0 bridgehead atoms. The van der Waals surface area contributed by atoms with Gasteiger partial charge in [0.2, 0.25) is 10.0 Å². The summed E-state index contributed by atoms with van der Waals surface area (Å²) in [5.74, 6) is 0.906. The second-order valence-electron chi connectivity index (χ2n) is 7.22. The number of likely N-dealkylation sites (tertiary alicyclic amines) is 1. The van der Waals surface area contributed by atoms with E-state index in [9.17, 15) is 8.42 Å². The maximum Gasteiger partial charge on any atom is 0.240 e. The number of piperidine rings is 1. The van der Waals surface area contributed by atoms with Gasteiger partial charge in [-0.2, -0.15) is 0 Å². The summed E-state index contributed by atoms with van der Waals surface area (Å²) in [5, 5.41) is 3.38. The van der Waals surface area contributed by atoms with Crippen molar-refractivity contribution in [3.8, 4) is 0 Å². The Kier molecular flexibility index (Phi) is 7.65. The molecule has 0 atom stereocenters. The van der Waals surface area contributed by atoms with Crippen molar-refractivity contribution in [3.63, 3.8) is 0 Å². The molecule has 0 amide bonds. The highest BCUT2D eigenvalue weighted by Crippen LogP contribution is 2.20. The normalized spacial score (nSPS) is 15.2. The van der Waals surface area contributed by atoms with Crippen molar-refractivity contribution in [1.82, 2.24) is 14.9 Å². The number of aliphatic imine (C=N–C) groups is 1. The van der Waals surface area contributed by atoms with E-state index in [1.54, 1.807) is 12.1 Å². The van der Waals surface area contributed by atoms with Gasteiger partial charge < -0.3 is 10.2 Å². The van der Waals surface area contributed by atoms with Crippen molar-refractivity contribution in [2.75, 3.05) is 26.7 Å². The van der Waals surface area contributed by atoms with Crippen LogP contribution in [0.1, 0.15) is 30.9 Å². The number of guanidine groups is 1. The Hall–Kier alpha value is -2.64. The van der Waals surface area contributed by atoms with Crippen LogP contribution in [0.5, 0.6) is 0 Å². The van der Waals surface area contributed by atoms with Crippen LogP contribution in [0, 0.1) is 0 Å². The first-order chi connectivity index (χ1) is 14.5. The predicted octanol–water partition coefficient (Wildman–Crippen LogP) is 3.24. The summed E-state index contributed by atoms with van der Waals surface area (Å²) < 4.78 is 26.0. The Labute approximate surface area is 179 Å². The fourth-order valence-corrected chi connectivity index (χ4v) is 4.15. The van der Waals surface area contributed by atoms with Gasteiger partial charge in [0.15, 0.2) is 5.96 Å². The minimum Gasteiger partial charge on any atom is -0.357 e. The fraction of sp³-hybridized carbons (Fsp3) is 0.348. The molecule has 30 heavy (non-hydrogen) atoms. The van der Waals surface area contributed by atoms with Crippen molar-refractivity contribution in [2.45, 2.75) is 31.2 Å². The summed E-state index contributed by atoms with van der Waals surface area (Å²) in [7, 11) is -2.00. The van der Waals surface area contributed by atoms with Gasteiger partial charge in [0.05, 0.1) is 11.4 Å². The highest BCUT2D eigenvalue weighted by molar-refractivity contribution is 7.89. The zero-order chi connectivity index (χ0) is 21.4. The maximum absolute atomic E-state index is 11.9. The second kappa shape index (κ2) is 10.4. The van der Waals surface area contributed by atoms with Crippen LogP contribution in [0.25, 0.3) is 6.08 Å². The average Bonchev–Trinajstić information content (AvgIpc) is 2.78. The molecule has 7 heteroatoms. The number of rotatable bonds is 6. The van der Waals surface area contributed by atoms with Gasteiger partial charge in [-0.05, 0) is 50.1 Å². The van der Waals surface area contributed by atoms with Crippen LogP contribution in [0.4, 0.5) is 0 Å². The second-order valence-corrected chi connectivity index (χ2v) is 9.11. The number of benzene rings is 2. The van der Waals surface area contributed by atoms with Crippen molar-refractivity contribution in [3.05, 3.63) is 71.3 Å². The van der Waals surface area contributed by atoms with E-state index in [4.69, 9.17) is 4.99 Å². The van der Waals surface area contributed by atoms with Crippen LogP contribution >= 0.6 is 0 Å². The molecule has 0 radical (unpaired) electrons. The Morgan fingerprint density at radius 2 is 1.73 bits per heavy atom.